The van der Waals surface area contributed by atoms with Crippen LogP contribution in [0.15, 0.2) is 35.2 Å². The second-order valence-corrected chi connectivity index (χ2v) is 9.17. The Morgan fingerprint density at radius 2 is 1.32 bits per heavy atom. The summed E-state index contributed by atoms with van der Waals surface area (Å²) in [7, 11) is 0.562. The number of hydrogen-bond acceptors (Lipinski definition) is 3. The first kappa shape index (κ1) is 20.1. The van der Waals surface area contributed by atoms with Crippen LogP contribution in [0.2, 0.25) is 0 Å². The zero-order chi connectivity index (χ0) is 18.4. The van der Waals surface area contributed by atoms with Gasteiger partial charge in [0, 0.05) is 11.2 Å². The summed E-state index contributed by atoms with van der Waals surface area (Å²) < 4.78 is 18.3. The van der Waals surface area contributed by atoms with Gasteiger partial charge in [0.2, 0.25) is 0 Å². The molecule has 1 atom stereocenters. The average Bonchev–Trinajstić information content (AvgIpc) is 2.62. The molecular weight excluding hydrogens is 348 g/mol. The standard InChI is InChI=1S/C21H28O2S2/c1-6-16-18(8-3)21(24-25(5)22)19(9-4)17(7-2)20(16)23-15-13-11-10-12-14-15/h10-14H,6-9H2,1-5H3. The van der Waals surface area contributed by atoms with E-state index in [4.69, 9.17) is 4.74 Å². The summed E-state index contributed by atoms with van der Waals surface area (Å²) in [5.74, 6) is 1.88. The van der Waals surface area contributed by atoms with Gasteiger partial charge >= 0.3 is 0 Å². The predicted octanol–water partition coefficient (Wildman–Crippen LogP) is 6.11. The summed E-state index contributed by atoms with van der Waals surface area (Å²) >= 11 is 0. The molecule has 0 fully saturated rings. The molecule has 136 valence electrons. The molecule has 0 saturated carbocycles. The number of hydrogen-bond donors (Lipinski definition) is 0. The zero-order valence-corrected chi connectivity index (χ0v) is 17.5. The molecule has 0 N–H and O–H groups in total. The third-order valence-corrected chi connectivity index (χ3v) is 6.50. The van der Waals surface area contributed by atoms with Gasteiger partial charge in [0.15, 0.2) is 0 Å². The Morgan fingerprint density at radius 1 is 0.840 bits per heavy atom. The number of rotatable bonds is 8. The van der Waals surface area contributed by atoms with Gasteiger partial charge in [-0.3, -0.25) is 0 Å². The van der Waals surface area contributed by atoms with Gasteiger partial charge in [0.25, 0.3) is 0 Å². The fraction of sp³-hybridized carbons (Fsp3) is 0.429. The largest absolute Gasteiger partial charge is 0.457 e. The Labute approximate surface area is 158 Å². The number of benzene rings is 2. The molecule has 0 aromatic heterocycles. The molecule has 0 aliphatic heterocycles. The molecule has 1 unspecified atom stereocenters. The molecule has 2 nitrogen and oxygen atoms in total. The maximum absolute atomic E-state index is 12.0. The van der Waals surface area contributed by atoms with E-state index in [1.54, 1.807) is 6.26 Å². The molecule has 0 radical (unpaired) electrons. The minimum atomic E-state index is -0.930. The van der Waals surface area contributed by atoms with Crippen LogP contribution < -0.4 is 4.74 Å². The molecule has 2 rings (SSSR count). The minimum Gasteiger partial charge on any atom is -0.457 e. The molecule has 0 bridgehead atoms. The third-order valence-electron chi connectivity index (χ3n) is 4.40. The summed E-state index contributed by atoms with van der Waals surface area (Å²) in [6.07, 6.45) is 5.42. The van der Waals surface area contributed by atoms with E-state index in [-0.39, 0.29) is 0 Å². The Hall–Kier alpha value is -1.26. The van der Waals surface area contributed by atoms with Crippen LogP contribution in [0.3, 0.4) is 0 Å². The van der Waals surface area contributed by atoms with Crippen LogP contribution in [0.5, 0.6) is 11.5 Å². The van der Waals surface area contributed by atoms with Crippen molar-refractivity contribution in [2.24, 2.45) is 0 Å². The average molecular weight is 377 g/mol. The first-order valence-corrected chi connectivity index (χ1v) is 11.9. The smallest absolute Gasteiger partial charge is 0.134 e. The van der Waals surface area contributed by atoms with Crippen LogP contribution in [0.4, 0.5) is 0 Å². The second kappa shape index (κ2) is 9.44. The molecule has 25 heavy (non-hydrogen) atoms. The molecule has 0 aliphatic rings. The summed E-state index contributed by atoms with van der Waals surface area (Å²) in [6.45, 7) is 8.70. The first-order chi connectivity index (χ1) is 12.1. The lowest BCUT2D eigenvalue weighted by Gasteiger charge is -2.24. The maximum Gasteiger partial charge on any atom is 0.134 e. The highest BCUT2D eigenvalue weighted by Gasteiger charge is 2.23. The van der Waals surface area contributed by atoms with Crippen LogP contribution in [-0.4, -0.2) is 10.5 Å². The van der Waals surface area contributed by atoms with Gasteiger partial charge in [-0.1, -0.05) is 45.9 Å². The van der Waals surface area contributed by atoms with Gasteiger partial charge in [-0.25, -0.2) is 4.21 Å². The van der Waals surface area contributed by atoms with Crippen LogP contribution in [0.25, 0.3) is 0 Å². The van der Waals surface area contributed by atoms with E-state index in [0.717, 1.165) is 37.2 Å². The van der Waals surface area contributed by atoms with Crippen LogP contribution in [-0.2, 0) is 35.5 Å². The molecule has 4 heteroatoms. The van der Waals surface area contributed by atoms with E-state index in [0.29, 0.717) is 0 Å². The fourth-order valence-corrected chi connectivity index (χ4v) is 5.63. The highest BCUT2D eigenvalue weighted by atomic mass is 33.1. The maximum atomic E-state index is 12.0. The molecule has 2 aromatic carbocycles. The lowest BCUT2D eigenvalue weighted by atomic mass is 9.91. The summed E-state index contributed by atoms with van der Waals surface area (Å²) in [5, 5.41) is 0. The SMILES string of the molecule is CCc1c(CC)c(SS(C)=O)c(CC)c(CC)c1Oc1ccccc1. The Morgan fingerprint density at radius 3 is 1.72 bits per heavy atom. The van der Waals surface area contributed by atoms with Crippen molar-refractivity contribution in [3.8, 4) is 11.5 Å². The van der Waals surface area contributed by atoms with Gasteiger partial charge in [-0.05, 0) is 70.9 Å². The Balaban J connectivity index is 2.74. The minimum absolute atomic E-state index is 0.871. The third kappa shape index (κ3) is 4.48. The second-order valence-electron chi connectivity index (χ2n) is 5.89. The van der Waals surface area contributed by atoms with E-state index in [9.17, 15) is 4.21 Å². The monoisotopic (exact) mass is 376 g/mol. The van der Waals surface area contributed by atoms with E-state index < -0.39 is 9.83 Å². The summed E-state index contributed by atoms with van der Waals surface area (Å²) in [4.78, 5) is 1.21. The fourth-order valence-electron chi connectivity index (χ4n) is 3.36. The molecule has 0 aliphatic carbocycles. The van der Waals surface area contributed by atoms with Crippen molar-refractivity contribution in [1.29, 1.82) is 0 Å². The summed E-state index contributed by atoms with van der Waals surface area (Å²) in [5.41, 5.74) is 5.10. The quantitative estimate of drug-likeness (QED) is 0.520. The van der Waals surface area contributed by atoms with Crippen molar-refractivity contribution in [3.63, 3.8) is 0 Å². The molecule has 0 saturated heterocycles. The van der Waals surface area contributed by atoms with Crippen molar-refractivity contribution in [2.75, 3.05) is 6.26 Å². The van der Waals surface area contributed by atoms with E-state index in [1.807, 2.05) is 30.3 Å². The van der Waals surface area contributed by atoms with E-state index in [2.05, 4.69) is 27.7 Å². The highest BCUT2D eigenvalue weighted by molar-refractivity contribution is 8.69. The Bertz CT molecular complexity index is 706. The van der Waals surface area contributed by atoms with Gasteiger partial charge < -0.3 is 4.74 Å². The van der Waals surface area contributed by atoms with Gasteiger partial charge in [0.1, 0.15) is 11.5 Å². The highest BCUT2D eigenvalue weighted by Crippen LogP contribution is 2.43. The van der Waals surface area contributed by atoms with Crippen molar-refractivity contribution in [1.82, 2.24) is 0 Å². The van der Waals surface area contributed by atoms with Crippen LogP contribution in [0, 0.1) is 0 Å². The predicted molar refractivity (Wildman–Crippen MR) is 110 cm³/mol. The number of ether oxygens (including phenoxy) is 1. The number of para-hydroxylation sites is 1. The molecule has 0 heterocycles. The van der Waals surface area contributed by atoms with Gasteiger partial charge in [-0.2, -0.15) is 0 Å². The van der Waals surface area contributed by atoms with Crippen molar-refractivity contribution < 1.29 is 8.95 Å². The molecule has 0 spiro atoms. The lowest BCUT2D eigenvalue weighted by Crippen LogP contribution is -2.08. The van der Waals surface area contributed by atoms with Crippen molar-refractivity contribution in [3.05, 3.63) is 52.6 Å². The van der Waals surface area contributed by atoms with Crippen LogP contribution >= 0.6 is 10.8 Å². The molecule has 2 aromatic rings. The van der Waals surface area contributed by atoms with Gasteiger partial charge in [0.05, 0.1) is 9.83 Å². The topological polar surface area (TPSA) is 26.3 Å². The lowest BCUT2D eigenvalue weighted by molar-refractivity contribution is 0.467. The van der Waals surface area contributed by atoms with E-state index >= 15 is 0 Å². The normalized spacial score (nSPS) is 12.2. The summed E-state index contributed by atoms with van der Waals surface area (Å²) in [6, 6.07) is 10.00. The Kier molecular flexibility index (Phi) is 7.57. The van der Waals surface area contributed by atoms with Crippen LogP contribution in [0.1, 0.15) is 49.9 Å². The first-order valence-electron chi connectivity index (χ1n) is 9.01. The molecule has 0 amide bonds. The molecular formula is C21H28O2S2. The van der Waals surface area contributed by atoms with Crippen molar-refractivity contribution in [2.45, 2.75) is 58.3 Å². The van der Waals surface area contributed by atoms with E-state index in [1.165, 1.54) is 37.9 Å². The van der Waals surface area contributed by atoms with Crippen molar-refractivity contribution >= 4 is 20.6 Å². The van der Waals surface area contributed by atoms with Gasteiger partial charge in [-0.15, -0.1) is 0 Å². The zero-order valence-electron chi connectivity index (χ0n) is 15.8.